The van der Waals surface area contributed by atoms with Crippen LogP contribution in [-0.2, 0) is 4.79 Å². The normalized spacial score (nSPS) is 16.4. The highest BCUT2D eigenvalue weighted by atomic mass is 16.5. The summed E-state index contributed by atoms with van der Waals surface area (Å²) >= 11 is 0. The molecule has 8 heteroatoms. The number of hydrogen-bond donors (Lipinski definition) is 2. The van der Waals surface area contributed by atoms with E-state index in [1.54, 1.807) is 24.3 Å². The molecular weight excluding hydrogens is 402 g/mol. The van der Waals surface area contributed by atoms with Gasteiger partial charge in [0.1, 0.15) is 0 Å². The Kier molecular flexibility index (Phi) is 7.02. The molecule has 2 heterocycles. The second-order valence-corrected chi connectivity index (χ2v) is 7.63. The molecule has 2 aromatic rings. The number of carbonyl (C=O) groups excluding carboxylic acids is 2. The van der Waals surface area contributed by atoms with Gasteiger partial charge in [-0.05, 0) is 42.2 Å². The number of rotatable bonds is 10. The van der Waals surface area contributed by atoms with Crippen molar-refractivity contribution in [3.05, 3.63) is 59.3 Å². The van der Waals surface area contributed by atoms with Crippen LogP contribution in [0.2, 0.25) is 0 Å². The molecule has 1 aromatic heterocycles. The highest BCUT2D eigenvalue weighted by Gasteiger charge is 2.44. The first-order chi connectivity index (χ1) is 14.9. The van der Waals surface area contributed by atoms with Crippen molar-refractivity contribution in [2.75, 3.05) is 26.9 Å². The number of furan rings is 1. The SMILES string of the molecule is COc1cc([C@@H]2C(C(=O)c3ccco3)=C(O)C(=O)N2CCO)ccc1OCCC(C)C. The second kappa shape index (κ2) is 9.70. The number of amides is 1. The molecule has 0 bridgehead atoms. The highest BCUT2D eigenvalue weighted by Crippen LogP contribution is 2.41. The van der Waals surface area contributed by atoms with Gasteiger partial charge in [-0.3, -0.25) is 9.59 Å². The number of aliphatic hydroxyl groups is 2. The van der Waals surface area contributed by atoms with E-state index in [4.69, 9.17) is 13.9 Å². The topological polar surface area (TPSA) is 109 Å². The van der Waals surface area contributed by atoms with Crippen molar-refractivity contribution in [2.24, 2.45) is 5.92 Å². The maximum atomic E-state index is 13.0. The van der Waals surface area contributed by atoms with Gasteiger partial charge in [-0.15, -0.1) is 0 Å². The first kappa shape index (κ1) is 22.4. The lowest BCUT2D eigenvalue weighted by atomic mass is 9.94. The Labute approximate surface area is 180 Å². The van der Waals surface area contributed by atoms with Gasteiger partial charge in [0.15, 0.2) is 23.0 Å². The molecule has 1 amide bonds. The molecule has 8 nitrogen and oxygen atoms in total. The number of ketones is 1. The van der Waals surface area contributed by atoms with Gasteiger partial charge in [0.05, 0.1) is 38.2 Å². The van der Waals surface area contributed by atoms with Crippen LogP contribution < -0.4 is 9.47 Å². The lowest BCUT2D eigenvalue weighted by Gasteiger charge is -2.26. The molecule has 31 heavy (non-hydrogen) atoms. The van der Waals surface area contributed by atoms with E-state index in [-0.39, 0.29) is 24.5 Å². The lowest BCUT2D eigenvalue weighted by Crippen LogP contribution is -2.33. The fraction of sp³-hybridized carbons (Fsp3) is 0.391. The lowest BCUT2D eigenvalue weighted by molar-refractivity contribution is -0.129. The Morgan fingerprint density at radius 2 is 2.03 bits per heavy atom. The maximum Gasteiger partial charge on any atom is 0.290 e. The molecule has 166 valence electrons. The summed E-state index contributed by atoms with van der Waals surface area (Å²) in [6.45, 7) is 4.34. The monoisotopic (exact) mass is 429 g/mol. The van der Waals surface area contributed by atoms with Crippen molar-refractivity contribution >= 4 is 11.7 Å². The van der Waals surface area contributed by atoms with Gasteiger partial charge in [-0.2, -0.15) is 0 Å². The zero-order chi connectivity index (χ0) is 22.5. The van der Waals surface area contributed by atoms with Crippen LogP contribution in [0.5, 0.6) is 11.5 Å². The van der Waals surface area contributed by atoms with Crippen LogP contribution in [0.4, 0.5) is 0 Å². The number of Topliss-reactive ketones (excluding diaryl/α,β-unsaturated/α-hetero) is 1. The number of benzene rings is 1. The Balaban J connectivity index is 1.99. The van der Waals surface area contributed by atoms with Gasteiger partial charge < -0.3 is 29.0 Å². The van der Waals surface area contributed by atoms with E-state index in [0.29, 0.717) is 29.6 Å². The first-order valence-corrected chi connectivity index (χ1v) is 10.1. The molecule has 1 aromatic carbocycles. The van der Waals surface area contributed by atoms with Gasteiger partial charge in [-0.1, -0.05) is 19.9 Å². The largest absolute Gasteiger partial charge is 0.503 e. The molecular formula is C23H27NO7. The number of nitrogens with zero attached hydrogens (tertiary/aromatic N) is 1. The quantitative estimate of drug-likeness (QED) is 0.558. The summed E-state index contributed by atoms with van der Waals surface area (Å²) in [7, 11) is 1.50. The Hall–Kier alpha value is -3.26. The standard InChI is InChI=1S/C23H27NO7/c1-14(2)8-12-31-16-7-6-15(13-18(16)29-3)20-19(21(26)17-5-4-11-30-17)22(27)23(28)24(20)9-10-25/h4-7,11,13-14,20,25,27H,8-10,12H2,1-3H3/t20-/m1/s1. The Bertz CT molecular complexity index is 962. The Morgan fingerprint density at radius 3 is 2.65 bits per heavy atom. The van der Waals surface area contributed by atoms with E-state index in [9.17, 15) is 19.8 Å². The van der Waals surface area contributed by atoms with Crippen molar-refractivity contribution in [1.29, 1.82) is 0 Å². The summed E-state index contributed by atoms with van der Waals surface area (Å²) in [5.41, 5.74) is 0.428. The molecule has 1 aliphatic heterocycles. The smallest absolute Gasteiger partial charge is 0.290 e. The molecule has 0 spiro atoms. The Morgan fingerprint density at radius 1 is 1.26 bits per heavy atom. The molecule has 0 aliphatic carbocycles. The number of aliphatic hydroxyl groups excluding tert-OH is 2. The third-order valence-electron chi connectivity index (χ3n) is 5.09. The minimum Gasteiger partial charge on any atom is -0.503 e. The maximum absolute atomic E-state index is 13.0. The number of carbonyl (C=O) groups is 2. The fourth-order valence-electron chi connectivity index (χ4n) is 3.49. The van der Waals surface area contributed by atoms with Gasteiger partial charge in [-0.25, -0.2) is 0 Å². The minimum absolute atomic E-state index is 0.00537. The van der Waals surface area contributed by atoms with E-state index in [2.05, 4.69) is 13.8 Å². The molecule has 0 saturated carbocycles. The van der Waals surface area contributed by atoms with Gasteiger partial charge in [0.25, 0.3) is 5.91 Å². The van der Waals surface area contributed by atoms with E-state index in [1.165, 1.54) is 24.3 Å². The number of hydrogen-bond acceptors (Lipinski definition) is 7. The predicted molar refractivity (Wildman–Crippen MR) is 112 cm³/mol. The zero-order valence-corrected chi connectivity index (χ0v) is 17.8. The van der Waals surface area contributed by atoms with Crippen LogP contribution in [0, 0.1) is 5.92 Å². The number of β-amino-alcohol motifs (C(OH)–C–C–N with tert-alkyl or cyclic N) is 1. The molecule has 3 rings (SSSR count). The van der Waals surface area contributed by atoms with Crippen LogP contribution in [-0.4, -0.2) is 53.7 Å². The third-order valence-corrected chi connectivity index (χ3v) is 5.09. The predicted octanol–water partition coefficient (Wildman–Crippen LogP) is 3.28. The molecule has 0 radical (unpaired) electrons. The van der Waals surface area contributed by atoms with Crippen LogP contribution in [0.1, 0.15) is 42.4 Å². The van der Waals surface area contributed by atoms with E-state index in [1.807, 2.05) is 0 Å². The minimum atomic E-state index is -0.907. The number of ether oxygens (including phenoxy) is 2. The first-order valence-electron chi connectivity index (χ1n) is 10.1. The van der Waals surface area contributed by atoms with Crippen LogP contribution >= 0.6 is 0 Å². The molecule has 0 fully saturated rings. The average Bonchev–Trinajstić information content (AvgIpc) is 3.37. The van der Waals surface area contributed by atoms with Crippen LogP contribution in [0.15, 0.2) is 52.3 Å². The van der Waals surface area contributed by atoms with Crippen molar-refractivity contribution in [2.45, 2.75) is 26.3 Å². The molecule has 1 atom stereocenters. The molecule has 2 N–H and O–H groups in total. The van der Waals surface area contributed by atoms with E-state index < -0.39 is 23.5 Å². The molecule has 0 saturated heterocycles. The van der Waals surface area contributed by atoms with Gasteiger partial charge >= 0.3 is 0 Å². The summed E-state index contributed by atoms with van der Waals surface area (Å²) in [6, 6.07) is 7.20. The summed E-state index contributed by atoms with van der Waals surface area (Å²) in [4.78, 5) is 26.9. The highest BCUT2D eigenvalue weighted by molar-refractivity contribution is 6.15. The second-order valence-electron chi connectivity index (χ2n) is 7.63. The van der Waals surface area contributed by atoms with Crippen molar-refractivity contribution in [3.8, 4) is 11.5 Å². The zero-order valence-electron chi connectivity index (χ0n) is 17.8. The summed E-state index contributed by atoms with van der Waals surface area (Å²) in [6.07, 6.45) is 2.22. The fourth-order valence-corrected chi connectivity index (χ4v) is 3.49. The summed E-state index contributed by atoms with van der Waals surface area (Å²) in [5, 5.41) is 19.9. The average molecular weight is 429 g/mol. The summed E-state index contributed by atoms with van der Waals surface area (Å²) in [5.74, 6) is -0.513. The van der Waals surface area contributed by atoms with Crippen LogP contribution in [0.25, 0.3) is 0 Å². The van der Waals surface area contributed by atoms with Crippen molar-refractivity contribution in [3.63, 3.8) is 0 Å². The van der Waals surface area contributed by atoms with Crippen LogP contribution in [0.3, 0.4) is 0 Å². The number of methoxy groups -OCH3 is 1. The van der Waals surface area contributed by atoms with E-state index in [0.717, 1.165) is 6.42 Å². The van der Waals surface area contributed by atoms with Gasteiger partial charge in [0, 0.05) is 6.54 Å². The third kappa shape index (κ3) is 4.59. The molecule has 1 aliphatic rings. The van der Waals surface area contributed by atoms with Gasteiger partial charge in [0.2, 0.25) is 5.78 Å². The molecule has 0 unspecified atom stereocenters. The van der Waals surface area contributed by atoms with Crippen molar-refractivity contribution < 1.29 is 33.7 Å². The summed E-state index contributed by atoms with van der Waals surface area (Å²) < 4.78 is 16.5. The van der Waals surface area contributed by atoms with E-state index >= 15 is 0 Å². The van der Waals surface area contributed by atoms with Crippen molar-refractivity contribution in [1.82, 2.24) is 4.90 Å².